The van der Waals surface area contributed by atoms with Gasteiger partial charge in [-0.15, -0.1) is 0 Å². The molecule has 4 aliphatic carbocycles. The molecular formula is C25H37N3O4. The second-order valence-electron chi connectivity index (χ2n) is 10.4. The summed E-state index contributed by atoms with van der Waals surface area (Å²) in [5.74, 6) is 2.85. The number of benzene rings is 1. The van der Waals surface area contributed by atoms with Gasteiger partial charge in [-0.25, -0.2) is 0 Å². The van der Waals surface area contributed by atoms with Crippen LogP contribution in [0.1, 0.15) is 48.9 Å². The van der Waals surface area contributed by atoms with E-state index in [0.29, 0.717) is 41.4 Å². The Morgan fingerprint density at radius 1 is 1.00 bits per heavy atom. The van der Waals surface area contributed by atoms with Gasteiger partial charge >= 0.3 is 0 Å². The number of hydrogen-bond donors (Lipinski definition) is 2. The summed E-state index contributed by atoms with van der Waals surface area (Å²) in [5.41, 5.74) is 0.298. The van der Waals surface area contributed by atoms with E-state index in [4.69, 9.17) is 9.47 Å². The lowest BCUT2D eigenvalue weighted by Crippen LogP contribution is -2.62. The minimum absolute atomic E-state index is 0.0583. The molecule has 1 aromatic carbocycles. The van der Waals surface area contributed by atoms with Gasteiger partial charge in [0.15, 0.2) is 0 Å². The lowest BCUT2D eigenvalue weighted by atomic mass is 9.47. The molecule has 1 aromatic rings. The highest BCUT2D eigenvalue weighted by Crippen LogP contribution is 2.61. The molecule has 7 heteroatoms. The van der Waals surface area contributed by atoms with Gasteiger partial charge in [0, 0.05) is 30.1 Å². The zero-order valence-corrected chi connectivity index (χ0v) is 19.8. The smallest absolute Gasteiger partial charge is 0.252 e. The van der Waals surface area contributed by atoms with Crippen LogP contribution in [0.25, 0.3) is 0 Å². The number of rotatable bonds is 9. The molecule has 2 N–H and O–H groups in total. The van der Waals surface area contributed by atoms with Gasteiger partial charge in [0.1, 0.15) is 17.5 Å². The van der Waals surface area contributed by atoms with Gasteiger partial charge in [0.2, 0.25) is 5.91 Å². The van der Waals surface area contributed by atoms with Crippen LogP contribution in [0.15, 0.2) is 18.2 Å². The number of carbonyl (C=O) groups excluding carboxylic acids is 2. The van der Waals surface area contributed by atoms with E-state index >= 15 is 0 Å². The topological polar surface area (TPSA) is 79.9 Å². The maximum absolute atomic E-state index is 13.5. The molecule has 0 heterocycles. The molecule has 0 saturated heterocycles. The van der Waals surface area contributed by atoms with Crippen LogP contribution < -0.4 is 20.1 Å². The molecule has 0 aliphatic heterocycles. The molecule has 7 nitrogen and oxygen atoms in total. The summed E-state index contributed by atoms with van der Waals surface area (Å²) < 4.78 is 10.7. The molecule has 4 aliphatic rings. The average Bonchev–Trinajstić information content (AvgIpc) is 2.75. The lowest BCUT2D eigenvalue weighted by Gasteiger charge is -2.59. The van der Waals surface area contributed by atoms with Crippen molar-refractivity contribution < 1.29 is 19.1 Å². The maximum atomic E-state index is 13.5. The molecule has 4 saturated carbocycles. The normalized spacial score (nSPS) is 29.0. The second-order valence-corrected chi connectivity index (χ2v) is 10.4. The first-order chi connectivity index (χ1) is 15.3. The molecular weight excluding hydrogens is 406 g/mol. The summed E-state index contributed by atoms with van der Waals surface area (Å²) in [4.78, 5) is 28.9. The van der Waals surface area contributed by atoms with E-state index in [9.17, 15) is 9.59 Å². The van der Waals surface area contributed by atoms with Crippen molar-refractivity contribution in [1.29, 1.82) is 0 Å². The number of likely N-dealkylation sites (N-methyl/N-ethyl adjacent to an activating group) is 1. The second kappa shape index (κ2) is 9.30. The van der Waals surface area contributed by atoms with E-state index in [1.165, 1.54) is 19.3 Å². The quantitative estimate of drug-likeness (QED) is 0.614. The molecule has 4 bridgehead atoms. The predicted octanol–water partition coefficient (Wildman–Crippen LogP) is 2.70. The number of nitrogens with zero attached hydrogens (tertiary/aromatic N) is 1. The minimum atomic E-state index is -0.525. The summed E-state index contributed by atoms with van der Waals surface area (Å²) in [6, 6.07) is 4.60. The fourth-order valence-corrected chi connectivity index (χ4v) is 6.69. The van der Waals surface area contributed by atoms with E-state index in [2.05, 4.69) is 10.6 Å². The summed E-state index contributed by atoms with van der Waals surface area (Å²) >= 11 is 0. The van der Waals surface area contributed by atoms with Gasteiger partial charge in [-0.2, -0.15) is 0 Å². The molecule has 5 rings (SSSR count). The zero-order valence-electron chi connectivity index (χ0n) is 19.8. The van der Waals surface area contributed by atoms with Crippen molar-refractivity contribution in [2.75, 3.05) is 41.4 Å². The van der Waals surface area contributed by atoms with E-state index in [1.807, 2.05) is 19.0 Å². The Kier molecular flexibility index (Phi) is 6.65. The summed E-state index contributed by atoms with van der Waals surface area (Å²) in [6.45, 7) is 1.33. The van der Waals surface area contributed by atoms with Crippen molar-refractivity contribution in [1.82, 2.24) is 15.5 Å². The van der Waals surface area contributed by atoms with Crippen molar-refractivity contribution in [3.8, 4) is 11.5 Å². The van der Waals surface area contributed by atoms with E-state index in [-0.39, 0.29) is 17.2 Å². The number of hydrogen-bond acceptors (Lipinski definition) is 5. The Bertz CT molecular complexity index is 796. The zero-order chi connectivity index (χ0) is 22.9. The van der Waals surface area contributed by atoms with Crippen LogP contribution in [0.4, 0.5) is 0 Å². The average molecular weight is 444 g/mol. The van der Waals surface area contributed by atoms with Gasteiger partial charge in [-0.05, 0) is 82.5 Å². The van der Waals surface area contributed by atoms with Gasteiger partial charge in [-0.3, -0.25) is 9.59 Å². The Morgan fingerprint density at radius 3 is 2.00 bits per heavy atom. The first-order valence-corrected chi connectivity index (χ1v) is 11.8. The van der Waals surface area contributed by atoms with Crippen LogP contribution in [0, 0.1) is 23.2 Å². The van der Waals surface area contributed by atoms with Crippen LogP contribution in [-0.2, 0) is 4.79 Å². The number of ether oxygens (including phenoxy) is 2. The Morgan fingerprint density at radius 2 is 1.53 bits per heavy atom. The van der Waals surface area contributed by atoms with Gasteiger partial charge in [0.05, 0.1) is 14.2 Å². The predicted molar refractivity (Wildman–Crippen MR) is 123 cm³/mol. The number of carbonyl (C=O) groups is 2. The number of amides is 2. The van der Waals surface area contributed by atoms with E-state index < -0.39 is 6.04 Å². The largest absolute Gasteiger partial charge is 0.497 e. The molecule has 1 atom stereocenters. The first-order valence-electron chi connectivity index (χ1n) is 11.8. The van der Waals surface area contributed by atoms with Crippen LogP contribution in [0.2, 0.25) is 0 Å². The molecule has 0 radical (unpaired) electrons. The minimum Gasteiger partial charge on any atom is -0.497 e. The third kappa shape index (κ3) is 4.72. The summed E-state index contributed by atoms with van der Waals surface area (Å²) in [6.07, 6.45) is 6.96. The first kappa shape index (κ1) is 22.9. The van der Waals surface area contributed by atoms with E-state index in [1.54, 1.807) is 32.4 Å². The molecule has 176 valence electrons. The van der Waals surface area contributed by atoms with E-state index in [0.717, 1.165) is 25.8 Å². The maximum Gasteiger partial charge on any atom is 0.252 e. The molecule has 4 fully saturated rings. The number of methoxy groups -OCH3 is 2. The third-order valence-corrected chi connectivity index (χ3v) is 7.71. The van der Waals surface area contributed by atoms with Crippen molar-refractivity contribution in [3.63, 3.8) is 0 Å². The molecule has 0 aromatic heterocycles. The standard InChI is InChI=1S/C25H37N3O4/c1-28(2)6-5-26-24(30)22(25-13-16-7-17(14-25)9-18(8-16)15-25)27-23(29)19-10-20(31-3)12-21(11-19)32-4/h10-12,16-18,22H,5-9,13-15H2,1-4H3,(H,26,30)(H,27,29)/t16?,17?,18?,22-,25?/m0/s1. The monoisotopic (exact) mass is 443 g/mol. The van der Waals surface area contributed by atoms with Crippen molar-refractivity contribution in [2.24, 2.45) is 23.2 Å². The Labute approximate surface area is 191 Å². The molecule has 32 heavy (non-hydrogen) atoms. The highest BCUT2D eigenvalue weighted by Gasteiger charge is 2.56. The fraction of sp³-hybridized carbons (Fsp3) is 0.680. The lowest BCUT2D eigenvalue weighted by molar-refractivity contribution is -0.134. The Hall–Kier alpha value is -2.28. The van der Waals surface area contributed by atoms with Crippen LogP contribution in [0.5, 0.6) is 11.5 Å². The third-order valence-electron chi connectivity index (χ3n) is 7.71. The van der Waals surface area contributed by atoms with Gasteiger partial charge in [0.25, 0.3) is 5.91 Å². The highest BCUT2D eigenvalue weighted by molar-refractivity contribution is 5.98. The van der Waals surface area contributed by atoms with Crippen LogP contribution in [-0.4, -0.2) is 64.2 Å². The van der Waals surface area contributed by atoms with Gasteiger partial charge in [-0.1, -0.05) is 0 Å². The van der Waals surface area contributed by atoms with Crippen molar-refractivity contribution in [2.45, 2.75) is 44.6 Å². The SMILES string of the molecule is COc1cc(OC)cc(C(=O)N[C@@H](C(=O)NCCN(C)C)C23CC4CC(CC(C4)C2)C3)c1. The molecule has 2 amide bonds. The van der Waals surface area contributed by atoms with Crippen molar-refractivity contribution >= 4 is 11.8 Å². The van der Waals surface area contributed by atoms with Crippen molar-refractivity contribution in [3.05, 3.63) is 23.8 Å². The number of nitrogens with one attached hydrogen (secondary N) is 2. The Balaban J connectivity index is 1.58. The molecule has 0 unspecified atom stereocenters. The molecule has 0 spiro atoms. The van der Waals surface area contributed by atoms with Gasteiger partial charge < -0.3 is 25.0 Å². The fourth-order valence-electron chi connectivity index (χ4n) is 6.69. The summed E-state index contributed by atoms with van der Waals surface area (Å²) in [5, 5.41) is 6.25. The highest BCUT2D eigenvalue weighted by atomic mass is 16.5. The summed E-state index contributed by atoms with van der Waals surface area (Å²) in [7, 11) is 7.10. The van der Waals surface area contributed by atoms with Crippen LogP contribution in [0.3, 0.4) is 0 Å². The van der Waals surface area contributed by atoms with Crippen LogP contribution >= 0.6 is 0 Å².